The molecule has 1 amide bonds. The maximum absolute atomic E-state index is 10.8. The van der Waals surface area contributed by atoms with Crippen LogP contribution in [-0.4, -0.2) is 19.0 Å². The summed E-state index contributed by atoms with van der Waals surface area (Å²) in [7, 11) is 0. The van der Waals surface area contributed by atoms with Crippen LogP contribution < -0.4 is 5.32 Å². The van der Waals surface area contributed by atoms with Crippen LogP contribution in [0.4, 0.5) is 0 Å². The van der Waals surface area contributed by atoms with Gasteiger partial charge in [-0.1, -0.05) is 12.7 Å². The summed E-state index contributed by atoms with van der Waals surface area (Å²) >= 11 is 0. The lowest BCUT2D eigenvalue weighted by Crippen LogP contribution is -2.21. The number of rotatable bonds is 5. The second kappa shape index (κ2) is 6.42. The van der Waals surface area contributed by atoms with E-state index in [0.29, 0.717) is 12.2 Å². The van der Waals surface area contributed by atoms with Gasteiger partial charge in [-0.25, -0.2) is 0 Å². The molecule has 4 heteroatoms. The first-order valence-electron chi connectivity index (χ1n) is 3.58. The van der Waals surface area contributed by atoms with Crippen molar-refractivity contribution in [2.75, 3.05) is 13.1 Å². The van der Waals surface area contributed by atoms with E-state index in [1.807, 2.05) is 0 Å². The fourth-order valence-corrected chi connectivity index (χ4v) is 0.458. The van der Waals surface area contributed by atoms with Gasteiger partial charge in [0.1, 0.15) is 0 Å². The Balaban J connectivity index is 3.59. The maximum atomic E-state index is 10.8. The molecule has 0 radical (unpaired) electrons. The van der Waals surface area contributed by atoms with Crippen LogP contribution in [0.15, 0.2) is 35.2 Å². The summed E-state index contributed by atoms with van der Waals surface area (Å²) in [4.78, 5) is 10.8. The van der Waals surface area contributed by atoms with Crippen molar-refractivity contribution in [3.63, 3.8) is 0 Å². The van der Waals surface area contributed by atoms with E-state index in [0.717, 1.165) is 0 Å². The van der Waals surface area contributed by atoms with Gasteiger partial charge in [-0.2, -0.15) is 5.11 Å². The van der Waals surface area contributed by atoms with Gasteiger partial charge in [0.25, 0.3) is 5.91 Å². The van der Waals surface area contributed by atoms with Gasteiger partial charge < -0.3 is 5.32 Å². The Labute approximate surface area is 72.1 Å². The first-order valence-corrected chi connectivity index (χ1v) is 3.58. The van der Waals surface area contributed by atoms with Crippen molar-refractivity contribution < 1.29 is 4.79 Å². The third-order valence-electron chi connectivity index (χ3n) is 0.897. The van der Waals surface area contributed by atoms with Crippen LogP contribution in [0.25, 0.3) is 0 Å². The molecule has 0 heterocycles. The molecule has 0 fully saturated rings. The van der Waals surface area contributed by atoms with Gasteiger partial charge in [0.05, 0.1) is 12.2 Å². The molecule has 12 heavy (non-hydrogen) atoms. The minimum absolute atomic E-state index is 0.183. The monoisotopic (exact) mass is 167 g/mol. The predicted molar refractivity (Wildman–Crippen MR) is 47.7 cm³/mol. The van der Waals surface area contributed by atoms with E-state index in [2.05, 4.69) is 28.7 Å². The number of allylic oxidation sites excluding steroid dienone is 1. The van der Waals surface area contributed by atoms with Crippen LogP contribution in [0.1, 0.15) is 6.92 Å². The van der Waals surface area contributed by atoms with Crippen molar-refractivity contribution >= 4 is 5.91 Å². The Hall–Kier alpha value is -1.29. The van der Waals surface area contributed by atoms with Gasteiger partial charge >= 0.3 is 0 Å². The number of azo groups is 1. The molecule has 1 N–H and O–H groups in total. The fraction of sp³-hybridized carbons (Fsp3) is 0.375. The van der Waals surface area contributed by atoms with Crippen LogP contribution in [0, 0.1) is 0 Å². The molecule has 0 spiro atoms. The SMILES string of the molecule is C=CCNCC(=O)N=NC(=C)C. The summed E-state index contributed by atoms with van der Waals surface area (Å²) in [6.07, 6.45) is 1.67. The summed E-state index contributed by atoms with van der Waals surface area (Å²) in [5.41, 5.74) is 0.520. The molecule has 0 aliphatic heterocycles. The van der Waals surface area contributed by atoms with Crippen LogP contribution >= 0.6 is 0 Å². The molecule has 0 saturated heterocycles. The number of carbonyl (C=O) groups is 1. The summed E-state index contributed by atoms with van der Waals surface area (Å²) in [5.74, 6) is -0.306. The Morgan fingerprint density at radius 1 is 1.58 bits per heavy atom. The molecule has 0 rings (SSSR count). The van der Waals surface area contributed by atoms with Crippen molar-refractivity contribution in [3.05, 3.63) is 24.9 Å². The second-order valence-corrected chi connectivity index (χ2v) is 2.25. The molecule has 0 aliphatic carbocycles. The zero-order chi connectivity index (χ0) is 9.40. The van der Waals surface area contributed by atoms with E-state index in [-0.39, 0.29) is 12.5 Å². The van der Waals surface area contributed by atoms with Crippen molar-refractivity contribution in [1.82, 2.24) is 5.32 Å². The third-order valence-corrected chi connectivity index (χ3v) is 0.897. The van der Waals surface area contributed by atoms with Gasteiger partial charge in [-0.3, -0.25) is 4.79 Å². The normalized spacial score (nSPS) is 10.1. The third kappa shape index (κ3) is 6.82. The summed E-state index contributed by atoms with van der Waals surface area (Å²) < 4.78 is 0. The molecule has 66 valence electrons. The van der Waals surface area contributed by atoms with Gasteiger partial charge in [-0.05, 0) is 6.92 Å². The van der Waals surface area contributed by atoms with Gasteiger partial charge in [0.15, 0.2) is 0 Å². The highest BCUT2D eigenvalue weighted by atomic mass is 16.1. The maximum Gasteiger partial charge on any atom is 0.278 e. The molecule has 0 unspecified atom stereocenters. The highest BCUT2D eigenvalue weighted by Gasteiger charge is 1.95. The van der Waals surface area contributed by atoms with E-state index in [9.17, 15) is 4.79 Å². The summed E-state index contributed by atoms with van der Waals surface area (Å²) in [6.45, 7) is 9.41. The number of amides is 1. The predicted octanol–water partition coefficient (Wildman–Crippen LogP) is 1.27. The smallest absolute Gasteiger partial charge is 0.278 e. The Morgan fingerprint density at radius 3 is 2.75 bits per heavy atom. The van der Waals surface area contributed by atoms with E-state index < -0.39 is 0 Å². The van der Waals surface area contributed by atoms with Crippen LogP contribution in [0.5, 0.6) is 0 Å². The lowest BCUT2D eigenvalue weighted by Gasteiger charge is -1.94. The van der Waals surface area contributed by atoms with Gasteiger partial charge in [0, 0.05) is 6.54 Å². The van der Waals surface area contributed by atoms with E-state index in [1.54, 1.807) is 13.0 Å². The molecule has 0 aromatic carbocycles. The summed E-state index contributed by atoms with van der Waals surface area (Å²) in [5, 5.41) is 9.71. The minimum Gasteiger partial charge on any atom is -0.305 e. The van der Waals surface area contributed by atoms with E-state index >= 15 is 0 Å². The number of nitrogens with zero attached hydrogens (tertiary/aromatic N) is 2. The Morgan fingerprint density at radius 2 is 2.25 bits per heavy atom. The van der Waals surface area contributed by atoms with Gasteiger partial charge in [-0.15, -0.1) is 11.7 Å². The Bertz CT molecular complexity index is 208. The van der Waals surface area contributed by atoms with Crippen LogP contribution in [-0.2, 0) is 4.79 Å². The number of carbonyl (C=O) groups excluding carboxylic acids is 1. The number of nitrogens with one attached hydrogen (secondary N) is 1. The average molecular weight is 167 g/mol. The molecule has 4 nitrogen and oxygen atoms in total. The molecular formula is C8H13N3O. The first-order chi connectivity index (χ1) is 5.66. The standard InChI is InChI=1S/C8H13N3O/c1-4-5-9-6-8(12)11-10-7(2)3/h4,9H,1-2,5-6H2,3H3. The zero-order valence-corrected chi connectivity index (χ0v) is 7.21. The Kier molecular flexibility index (Phi) is 5.73. The molecule has 0 atom stereocenters. The molecule has 0 aromatic rings. The zero-order valence-electron chi connectivity index (χ0n) is 7.21. The second-order valence-electron chi connectivity index (χ2n) is 2.25. The van der Waals surface area contributed by atoms with Crippen LogP contribution in [0.2, 0.25) is 0 Å². The van der Waals surface area contributed by atoms with E-state index in [4.69, 9.17) is 0 Å². The average Bonchev–Trinajstić information content (AvgIpc) is 2.01. The first kappa shape index (κ1) is 10.7. The van der Waals surface area contributed by atoms with Crippen molar-refractivity contribution in [2.45, 2.75) is 6.92 Å². The van der Waals surface area contributed by atoms with Crippen LogP contribution in [0.3, 0.4) is 0 Å². The quantitative estimate of drug-likeness (QED) is 0.381. The molecule has 0 saturated carbocycles. The fourth-order valence-electron chi connectivity index (χ4n) is 0.458. The molecular weight excluding hydrogens is 154 g/mol. The lowest BCUT2D eigenvalue weighted by atomic mass is 10.5. The minimum atomic E-state index is -0.306. The lowest BCUT2D eigenvalue weighted by molar-refractivity contribution is -0.117. The summed E-state index contributed by atoms with van der Waals surface area (Å²) in [6, 6.07) is 0. The largest absolute Gasteiger partial charge is 0.305 e. The van der Waals surface area contributed by atoms with Crippen molar-refractivity contribution in [1.29, 1.82) is 0 Å². The molecule has 0 bridgehead atoms. The topological polar surface area (TPSA) is 53.8 Å². The molecule has 0 aliphatic rings. The van der Waals surface area contributed by atoms with Crippen molar-refractivity contribution in [2.24, 2.45) is 10.2 Å². The van der Waals surface area contributed by atoms with Gasteiger partial charge in [0.2, 0.25) is 0 Å². The van der Waals surface area contributed by atoms with E-state index in [1.165, 1.54) is 0 Å². The highest BCUT2D eigenvalue weighted by Crippen LogP contribution is 1.89. The highest BCUT2D eigenvalue weighted by molar-refractivity contribution is 5.78. The number of hydrogen-bond acceptors (Lipinski definition) is 3. The number of hydrogen-bond donors (Lipinski definition) is 1. The van der Waals surface area contributed by atoms with Crippen molar-refractivity contribution in [3.8, 4) is 0 Å². The molecule has 0 aromatic heterocycles.